The van der Waals surface area contributed by atoms with Crippen LogP contribution in [0.5, 0.6) is 0 Å². The van der Waals surface area contributed by atoms with E-state index in [9.17, 15) is 45.9 Å². The Kier molecular flexibility index (Phi) is 14.6. The minimum absolute atomic E-state index is 0.0266. The van der Waals surface area contributed by atoms with Gasteiger partial charge in [-0.1, -0.05) is 104 Å². The second kappa shape index (κ2) is 15.1. The van der Waals surface area contributed by atoms with Crippen LogP contribution < -0.4 is 0 Å². The maximum absolute atomic E-state index is 15.6. The molecule has 0 aromatic rings. The van der Waals surface area contributed by atoms with Crippen LogP contribution in [0.15, 0.2) is 0 Å². The second-order valence-corrected chi connectivity index (χ2v) is 17.6. The van der Waals surface area contributed by atoms with Gasteiger partial charge in [0.05, 0.1) is 31.3 Å². The first-order chi connectivity index (χ1) is 21.4. The molecule has 0 aromatic heterocycles. The summed E-state index contributed by atoms with van der Waals surface area (Å²) in [6, 6.07) is 1.99. The van der Waals surface area contributed by atoms with Gasteiger partial charge in [0.15, 0.2) is 0 Å². The molecule has 0 aromatic carbocycles. The number of methoxy groups -OCH3 is 1. The van der Waals surface area contributed by atoms with Crippen LogP contribution in [-0.2, 0) is 19.0 Å². The highest BCUT2D eigenvalue weighted by Gasteiger charge is 2.77. The Morgan fingerprint density at radius 2 is 1.14 bits per heavy atom. The van der Waals surface area contributed by atoms with Crippen LogP contribution in [-0.4, -0.2) is 73.4 Å². The fourth-order valence-corrected chi connectivity index (χ4v) is 6.11. The zero-order valence-electron chi connectivity index (χ0n) is 31.9. The quantitative estimate of drug-likeness (QED) is 0.0969. The summed E-state index contributed by atoms with van der Waals surface area (Å²) in [5.41, 5.74) is -6.74. The van der Waals surface area contributed by atoms with E-state index in [1.807, 2.05) is 26.8 Å². The molecule has 0 rings (SSSR count). The van der Waals surface area contributed by atoms with Crippen molar-refractivity contribution in [2.24, 2.45) is 38.4 Å². The highest BCUT2D eigenvalue weighted by molar-refractivity contribution is 5.79. The van der Waals surface area contributed by atoms with Crippen LogP contribution >= 0.6 is 0 Å². The van der Waals surface area contributed by atoms with Crippen molar-refractivity contribution in [1.82, 2.24) is 0 Å². The minimum Gasteiger partial charge on any atom is -0.454 e. The van der Waals surface area contributed by atoms with Gasteiger partial charge in [0.25, 0.3) is 0 Å². The number of aliphatic hydroxyl groups excluding tert-OH is 1. The summed E-state index contributed by atoms with van der Waals surface area (Å²) in [4.78, 5) is 12.5. The van der Waals surface area contributed by atoms with Gasteiger partial charge in [0, 0.05) is 17.9 Å². The van der Waals surface area contributed by atoms with Crippen LogP contribution in [0.2, 0.25) is 0 Å². The Labute approximate surface area is 287 Å². The number of nitrogens with zero attached hydrogens (tertiary/aromatic N) is 1. The lowest BCUT2D eigenvalue weighted by molar-refractivity contribution is -0.350. The number of halogens is 8. The van der Waals surface area contributed by atoms with Gasteiger partial charge in [0.1, 0.15) is 18.4 Å². The van der Waals surface area contributed by atoms with Gasteiger partial charge in [-0.15, -0.1) is 0 Å². The topological polar surface area (TPSA) is 88.8 Å². The number of carbonyl (C=O) groups is 1. The van der Waals surface area contributed by atoms with Gasteiger partial charge in [0.2, 0.25) is 0 Å². The molecule has 6 unspecified atom stereocenters. The molecule has 6 atom stereocenters. The fourth-order valence-electron chi connectivity index (χ4n) is 6.11. The molecular formula is C35H59F8NO5. The third-order valence-corrected chi connectivity index (χ3v) is 11.3. The lowest BCUT2D eigenvalue weighted by Crippen LogP contribution is -2.63. The summed E-state index contributed by atoms with van der Waals surface area (Å²) in [5, 5.41) is 20.6. The number of hydrogen-bond donors (Lipinski definition) is 1. The van der Waals surface area contributed by atoms with Crippen LogP contribution in [0.1, 0.15) is 110 Å². The molecule has 0 fully saturated rings. The molecule has 0 saturated carbocycles. The average Bonchev–Trinajstić information content (AvgIpc) is 2.91. The predicted octanol–water partition coefficient (Wildman–Crippen LogP) is 9.58. The van der Waals surface area contributed by atoms with E-state index < -0.39 is 93.0 Å². The molecule has 1 N–H and O–H groups in total. The molecule has 0 amide bonds. The van der Waals surface area contributed by atoms with Gasteiger partial charge in [-0.3, -0.25) is 0 Å². The Morgan fingerprint density at radius 1 is 0.714 bits per heavy atom. The van der Waals surface area contributed by atoms with E-state index in [4.69, 9.17) is 14.2 Å². The summed E-state index contributed by atoms with van der Waals surface area (Å²) >= 11 is 0. The molecule has 0 saturated heterocycles. The van der Waals surface area contributed by atoms with Gasteiger partial charge < -0.3 is 19.3 Å². The third-order valence-electron chi connectivity index (χ3n) is 11.3. The van der Waals surface area contributed by atoms with E-state index in [0.717, 1.165) is 7.11 Å². The smallest absolute Gasteiger partial charge is 0.454 e. The van der Waals surface area contributed by atoms with Crippen LogP contribution in [0.25, 0.3) is 0 Å². The SMILES string of the molecule is COC(C(OC(=O)C(F)(F)C(F)(F)C(F)(F)F)C(C)(C)C)C(C)(C)C(C)(C)C(OCCC#N)C(C)C(C)(C)C(C)(C)C(O)C(F)C(C)(C)C. The monoisotopic (exact) mass is 725 g/mol. The molecule has 6 nitrogen and oxygen atoms in total. The fraction of sp³-hybridized carbons (Fsp3) is 0.943. The van der Waals surface area contributed by atoms with E-state index in [1.54, 1.807) is 62.3 Å². The zero-order valence-corrected chi connectivity index (χ0v) is 31.9. The van der Waals surface area contributed by atoms with Gasteiger partial charge in [-0.2, -0.15) is 36.0 Å². The lowest BCUT2D eigenvalue weighted by atomic mass is 9.51. The highest BCUT2D eigenvalue weighted by atomic mass is 19.4. The number of esters is 1. The lowest BCUT2D eigenvalue weighted by Gasteiger charge is -2.58. The van der Waals surface area contributed by atoms with E-state index in [0.29, 0.717) is 0 Å². The zero-order chi connectivity index (χ0) is 39.8. The number of ether oxygens (including phenoxy) is 3. The number of nitriles is 1. The Morgan fingerprint density at radius 3 is 1.49 bits per heavy atom. The number of carbonyl (C=O) groups excluding carboxylic acids is 1. The normalized spacial score (nSPS) is 18.6. The molecular weight excluding hydrogens is 666 g/mol. The van der Waals surface area contributed by atoms with Crippen LogP contribution in [0, 0.1) is 49.7 Å². The molecule has 0 heterocycles. The molecule has 49 heavy (non-hydrogen) atoms. The van der Waals surface area contributed by atoms with Gasteiger partial charge in [-0.05, 0) is 27.6 Å². The largest absolute Gasteiger partial charge is 0.460 e. The molecule has 14 heteroatoms. The first kappa shape index (κ1) is 47.3. The summed E-state index contributed by atoms with van der Waals surface area (Å²) in [5.74, 6) is -16.6. The van der Waals surface area contributed by atoms with E-state index in [-0.39, 0.29) is 13.0 Å². The molecule has 0 aliphatic rings. The Bertz CT molecular complexity index is 1150. The van der Waals surface area contributed by atoms with Crippen molar-refractivity contribution in [3.05, 3.63) is 0 Å². The Hall–Kier alpha value is -1.72. The van der Waals surface area contributed by atoms with Crippen molar-refractivity contribution in [3.8, 4) is 6.07 Å². The molecule has 0 spiro atoms. The van der Waals surface area contributed by atoms with Crippen molar-refractivity contribution in [1.29, 1.82) is 5.26 Å². The maximum atomic E-state index is 15.6. The van der Waals surface area contributed by atoms with E-state index >= 15 is 4.39 Å². The minimum atomic E-state index is -6.75. The number of hydrogen-bond acceptors (Lipinski definition) is 6. The van der Waals surface area contributed by atoms with E-state index in [1.165, 1.54) is 20.8 Å². The number of rotatable bonds is 16. The van der Waals surface area contributed by atoms with Gasteiger partial charge >= 0.3 is 24.0 Å². The first-order valence-corrected chi connectivity index (χ1v) is 16.2. The summed E-state index contributed by atoms with van der Waals surface area (Å²) in [7, 11) is 1.16. The Balaban J connectivity index is 7.28. The predicted molar refractivity (Wildman–Crippen MR) is 171 cm³/mol. The van der Waals surface area contributed by atoms with Crippen molar-refractivity contribution < 1.29 is 59.2 Å². The first-order valence-electron chi connectivity index (χ1n) is 16.2. The third kappa shape index (κ3) is 9.21. The standard InChI is InChI=1S/C35H59F8NO5/c1-20(29(8,9)30(10,11)22(45)21(36)27(2,3)4)23(48-19-17-18-44)31(12,13)32(14,15)25(47-16)24(28(5,6)7)49-26(46)33(37,38)34(39,40)35(41,42)43/h20-25,45H,17,19H2,1-16H3. The van der Waals surface area contributed by atoms with Crippen molar-refractivity contribution in [3.63, 3.8) is 0 Å². The summed E-state index contributed by atoms with van der Waals surface area (Å²) < 4.78 is 128. The van der Waals surface area contributed by atoms with Crippen molar-refractivity contribution in [2.45, 2.75) is 159 Å². The number of aliphatic hydroxyl groups is 1. The molecule has 290 valence electrons. The van der Waals surface area contributed by atoms with Crippen LogP contribution in [0.3, 0.4) is 0 Å². The van der Waals surface area contributed by atoms with Crippen LogP contribution in [0.4, 0.5) is 35.1 Å². The van der Waals surface area contributed by atoms with Crippen molar-refractivity contribution >= 4 is 5.97 Å². The molecule has 0 aliphatic carbocycles. The van der Waals surface area contributed by atoms with Crippen molar-refractivity contribution in [2.75, 3.05) is 13.7 Å². The maximum Gasteiger partial charge on any atom is 0.460 e. The molecule has 0 bridgehead atoms. The van der Waals surface area contributed by atoms with E-state index in [2.05, 4.69) is 0 Å². The summed E-state index contributed by atoms with van der Waals surface area (Å²) in [6.07, 6.45) is -13.9. The molecule has 0 radical (unpaired) electrons. The second-order valence-electron chi connectivity index (χ2n) is 17.6. The summed E-state index contributed by atoms with van der Waals surface area (Å²) in [6.45, 7) is 24.8. The number of alkyl halides is 8. The molecule has 0 aliphatic heterocycles. The highest BCUT2D eigenvalue weighted by Crippen LogP contribution is 2.57. The average molecular weight is 726 g/mol. The van der Waals surface area contributed by atoms with Gasteiger partial charge in [-0.25, -0.2) is 9.18 Å².